The number of halogens is 2. The molecular weight excluding hydrogens is 612 g/mol. The summed E-state index contributed by atoms with van der Waals surface area (Å²) < 4.78 is 12.5. The number of carbonyl (C=O) groups excluding carboxylic acids is 2. The van der Waals surface area contributed by atoms with E-state index in [0.717, 1.165) is 10.9 Å². The van der Waals surface area contributed by atoms with Crippen molar-refractivity contribution < 1.29 is 19.1 Å². The number of esters is 1. The Balaban J connectivity index is 1.59. The van der Waals surface area contributed by atoms with Crippen LogP contribution in [0.2, 0.25) is 0 Å². The van der Waals surface area contributed by atoms with E-state index in [9.17, 15) is 9.59 Å². The molecule has 0 radical (unpaired) electrons. The fourth-order valence-corrected chi connectivity index (χ4v) is 5.63. The number of ether oxygens (including phenoxy) is 2. The van der Waals surface area contributed by atoms with Gasteiger partial charge in [-0.1, -0.05) is 80.9 Å². The number of nitrogens with one attached hydrogen (secondary N) is 1. The fraction of sp³-hybridized carbons (Fsp3) is 0.300. The fourth-order valence-electron chi connectivity index (χ4n) is 4.29. The smallest absolute Gasteiger partial charge is 0.343 e. The molecule has 0 heterocycles. The average Bonchev–Trinajstić information content (AvgIpc) is 2.84. The third-order valence-electron chi connectivity index (χ3n) is 5.61. The monoisotopic (exact) mass is 642 g/mol. The van der Waals surface area contributed by atoms with Crippen LogP contribution in [0.4, 0.5) is 0 Å². The third-order valence-corrected chi connectivity index (χ3v) is 6.66. The van der Waals surface area contributed by atoms with Gasteiger partial charge in [0.2, 0.25) is 0 Å². The lowest BCUT2D eigenvalue weighted by atomic mass is 9.72. The first-order valence-corrected chi connectivity index (χ1v) is 13.7. The molecule has 200 valence electrons. The minimum absolute atomic E-state index is 0.0264. The van der Waals surface area contributed by atoms with Gasteiger partial charge in [-0.25, -0.2) is 10.2 Å². The van der Waals surface area contributed by atoms with Crippen molar-refractivity contribution in [3.05, 3.63) is 92.4 Å². The van der Waals surface area contributed by atoms with Crippen LogP contribution in [0.5, 0.6) is 11.5 Å². The SMILES string of the molecule is CC(C)(C)CC(C)(C)c1ccc(OCC(=O)N/N=C\c2cc(Br)cc(Br)c2OC(=O)c2ccccc2)cc1. The van der Waals surface area contributed by atoms with E-state index in [1.54, 1.807) is 36.4 Å². The van der Waals surface area contributed by atoms with Crippen molar-refractivity contribution in [2.75, 3.05) is 6.61 Å². The molecule has 0 unspecified atom stereocenters. The standard InChI is InChI=1S/C30H32Br2N2O4/c1-29(2,3)19-30(4,5)22-11-13-24(14-12-22)37-18-26(35)34-33-17-21-15-23(31)16-25(32)27(21)38-28(36)20-9-7-6-8-10-20/h6-17H,18-19H2,1-5H3,(H,34,35)/b33-17-. The van der Waals surface area contributed by atoms with E-state index >= 15 is 0 Å². The Morgan fingerprint density at radius 1 is 0.947 bits per heavy atom. The van der Waals surface area contributed by atoms with E-state index < -0.39 is 11.9 Å². The Labute approximate surface area is 241 Å². The van der Waals surface area contributed by atoms with Gasteiger partial charge in [0.1, 0.15) is 5.75 Å². The molecule has 0 bridgehead atoms. The summed E-state index contributed by atoms with van der Waals surface area (Å²) in [6.45, 7) is 11.0. The van der Waals surface area contributed by atoms with Gasteiger partial charge in [0.05, 0.1) is 16.3 Å². The van der Waals surface area contributed by atoms with Crippen LogP contribution in [0.15, 0.2) is 80.8 Å². The van der Waals surface area contributed by atoms with Crippen LogP contribution < -0.4 is 14.9 Å². The number of nitrogens with zero attached hydrogens (tertiary/aromatic N) is 1. The van der Waals surface area contributed by atoms with Gasteiger partial charge >= 0.3 is 5.97 Å². The van der Waals surface area contributed by atoms with E-state index in [-0.39, 0.29) is 23.2 Å². The number of amides is 1. The molecule has 38 heavy (non-hydrogen) atoms. The van der Waals surface area contributed by atoms with Gasteiger partial charge in [-0.15, -0.1) is 0 Å². The summed E-state index contributed by atoms with van der Waals surface area (Å²) in [7, 11) is 0. The molecular formula is C30H32Br2N2O4. The Morgan fingerprint density at radius 3 is 2.24 bits per heavy atom. The second-order valence-electron chi connectivity index (χ2n) is 10.8. The Kier molecular flexibility index (Phi) is 9.90. The highest BCUT2D eigenvalue weighted by atomic mass is 79.9. The molecule has 3 aromatic carbocycles. The number of benzene rings is 3. The van der Waals surface area contributed by atoms with Crippen LogP contribution in [0.25, 0.3) is 0 Å². The molecule has 0 aliphatic heterocycles. The molecule has 0 atom stereocenters. The van der Waals surface area contributed by atoms with E-state index in [2.05, 4.69) is 77.0 Å². The summed E-state index contributed by atoms with van der Waals surface area (Å²) in [5, 5.41) is 4.02. The van der Waals surface area contributed by atoms with Crippen molar-refractivity contribution in [1.82, 2.24) is 5.43 Å². The Hall–Kier alpha value is -2.97. The Morgan fingerprint density at radius 2 is 1.61 bits per heavy atom. The summed E-state index contributed by atoms with van der Waals surface area (Å²) in [4.78, 5) is 24.9. The molecule has 0 spiro atoms. The molecule has 0 fully saturated rings. The highest BCUT2D eigenvalue weighted by Crippen LogP contribution is 2.36. The second-order valence-corrected chi connectivity index (χ2v) is 12.6. The van der Waals surface area contributed by atoms with Gasteiger partial charge < -0.3 is 9.47 Å². The van der Waals surface area contributed by atoms with Crippen LogP contribution in [-0.4, -0.2) is 24.7 Å². The van der Waals surface area contributed by atoms with Crippen LogP contribution in [0.3, 0.4) is 0 Å². The van der Waals surface area contributed by atoms with Gasteiger partial charge in [0.25, 0.3) is 5.91 Å². The normalized spacial score (nSPS) is 11.9. The second kappa shape index (κ2) is 12.7. The summed E-state index contributed by atoms with van der Waals surface area (Å²) in [6.07, 6.45) is 2.45. The highest BCUT2D eigenvalue weighted by Gasteiger charge is 2.27. The molecule has 3 rings (SSSR count). The number of hydrogen-bond donors (Lipinski definition) is 1. The number of hydrazone groups is 1. The summed E-state index contributed by atoms with van der Waals surface area (Å²) in [5.41, 5.74) is 4.82. The van der Waals surface area contributed by atoms with Gasteiger partial charge in [-0.05, 0) is 75.1 Å². The molecule has 0 saturated carbocycles. The van der Waals surface area contributed by atoms with E-state index in [4.69, 9.17) is 9.47 Å². The zero-order valence-electron chi connectivity index (χ0n) is 22.2. The molecule has 1 N–H and O–H groups in total. The van der Waals surface area contributed by atoms with Crippen molar-refractivity contribution in [3.8, 4) is 11.5 Å². The molecule has 8 heteroatoms. The maximum Gasteiger partial charge on any atom is 0.343 e. The predicted octanol–water partition coefficient (Wildman–Crippen LogP) is 7.67. The zero-order chi connectivity index (χ0) is 27.9. The maximum atomic E-state index is 12.6. The number of carbonyl (C=O) groups is 2. The van der Waals surface area contributed by atoms with Gasteiger partial charge in [0.15, 0.2) is 12.4 Å². The largest absolute Gasteiger partial charge is 0.484 e. The van der Waals surface area contributed by atoms with Crippen LogP contribution in [0.1, 0.15) is 62.5 Å². The first-order valence-electron chi connectivity index (χ1n) is 12.2. The molecule has 0 aliphatic carbocycles. The lowest BCUT2D eigenvalue weighted by Crippen LogP contribution is -2.25. The third kappa shape index (κ3) is 8.81. The lowest BCUT2D eigenvalue weighted by Gasteiger charge is -2.33. The van der Waals surface area contributed by atoms with E-state index in [1.807, 2.05) is 30.3 Å². The predicted molar refractivity (Wildman–Crippen MR) is 158 cm³/mol. The lowest BCUT2D eigenvalue weighted by molar-refractivity contribution is -0.123. The van der Waals surface area contributed by atoms with Crippen molar-refractivity contribution in [1.29, 1.82) is 0 Å². The average molecular weight is 644 g/mol. The quantitative estimate of drug-likeness (QED) is 0.112. The minimum atomic E-state index is -0.506. The van der Waals surface area contributed by atoms with E-state index in [1.165, 1.54) is 11.8 Å². The van der Waals surface area contributed by atoms with Crippen molar-refractivity contribution >= 4 is 50.0 Å². The number of rotatable bonds is 9. The summed E-state index contributed by atoms with van der Waals surface area (Å²) in [6, 6.07) is 20.0. The van der Waals surface area contributed by atoms with Crippen LogP contribution >= 0.6 is 31.9 Å². The van der Waals surface area contributed by atoms with Crippen molar-refractivity contribution in [2.24, 2.45) is 10.5 Å². The van der Waals surface area contributed by atoms with Gasteiger partial charge in [-0.2, -0.15) is 5.10 Å². The van der Waals surface area contributed by atoms with Gasteiger partial charge in [-0.3, -0.25) is 4.79 Å². The molecule has 1 amide bonds. The maximum absolute atomic E-state index is 12.6. The first kappa shape index (κ1) is 29.6. The highest BCUT2D eigenvalue weighted by molar-refractivity contribution is 9.11. The van der Waals surface area contributed by atoms with Crippen LogP contribution in [-0.2, 0) is 10.2 Å². The Bertz CT molecular complexity index is 1300. The first-order chi connectivity index (χ1) is 17.8. The molecule has 0 saturated heterocycles. The van der Waals surface area contributed by atoms with Crippen molar-refractivity contribution in [2.45, 2.75) is 46.5 Å². The summed E-state index contributed by atoms with van der Waals surface area (Å²) >= 11 is 6.85. The molecule has 0 aromatic heterocycles. The van der Waals surface area contributed by atoms with E-state index in [0.29, 0.717) is 21.3 Å². The molecule has 3 aromatic rings. The van der Waals surface area contributed by atoms with Crippen LogP contribution in [0, 0.1) is 5.41 Å². The molecule has 0 aliphatic rings. The van der Waals surface area contributed by atoms with Crippen molar-refractivity contribution in [3.63, 3.8) is 0 Å². The van der Waals surface area contributed by atoms with Gasteiger partial charge in [0, 0.05) is 10.0 Å². The summed E-state index contributed by atoms with van der Waals surface area (Å²) in [5.74, 6) is -0.0416. The number of hydrogen-bond acceptors (Lipinski definition) is 5. The minimum Gasteiger partial charge on any atom is -0.484 e. The molecule has 6 nitrogen and oxygen atoms in total. The topological polar surface area (TPSA) is 77.0 Å². The zero-order valence-corrected chi connectivity index (χ0v) is 25.4.